The minimum absolute atomic E-state index is 0.0313. The predicted octanol–water partition coefficient (Wildman–Crippen LogP) is 4.81. The van der Waals surface area contributed by atoms with E-state index in [2.05, 4.69) is 4.57 Å². The number of hydrogen-bond acceptors (Lipinski definition) is 6. The monoisotopic (exact) mass is 510 g/mol. The molecule has 0 N–H and O–H groups in total. The van der Waals surface area contributed by atoms with E-state index in [1.807, 2.05) is 43.3 Å². The third-order valence-electron chi connectivity index (χ3n) is 6.56. The van der Waals surface area contributed by atoms with Crippen molar-refractivity contribution in [3.05, 3.63) is 65.3 Å². The summed E-state index contributed by atoms with van der Waals surface area (Å²) in [6.07, 6.45) is 1.25. The molecule has 0 spiro atoms. The van der Waals surface area contributed by atoms with Crippen LogP contribution in [0.3, 0.4) is 0 Å². The van der Waals surface area contributed by atoms with Crippen LogP contribution >= 0.6 is 11.6 Å². The van der Waals surface area contributed by atoms with Gasteiger partial charge in [-0.25, -0.2) is 18.4 Å². The van der Waals surface area contributed by atoms with Gasteiger partial charge in [-0.2, -0.15) is 4.31 Å². The van der Waals surface area contributed by atoms with E-state index in [-0.39, 0.29) is 17.7 Å². The summed E-state index contributed by atoms with van der Waals surface area (Å²) in [5.41, 5.74) is 3.31. The summed E-state index contributed by atoms with van der Waals surface area (Å²) < 4.78 is 41.1. The minimum atomic E-state index is -3.66. The summed E-state index contributed by atoms with van der Waals surface area (Å²) >= 11 is 6.54. The average Bonchev–Trinajstić information content (AvgIpc) is 3.48. The number of fused-ring (bicyclic) bond motifs is 2. The highest BCUT2D eigenvalue weighted by molar-refractivity contribution is 7.89. The van der Waals surface area contributed by atoms with Crippen molar-refractivity contribution in [1.82, 2.24) is 18.8 Å². The van der Waals surface area contributed by atoms with Crippen molar-refractivity contribution in [2.45, 2.75) is 30.7 Å². The Labute approximate surface area is 208 Å². The molecule has 0 amide bonds. The minimum Gasteiger partial charge on any atom is -0.454 e. The van der Waals surface area contributed by atoms with Gasteiger partial charge in [0, 0.05) is 36.5 Å². The number of halogens is 1. The smallest absolute Gasteiger partial charge is 0.243 e. The number of hydrogen-bond donors (Lipinski definition) is 0. The second kappa shape index (κ2) is 8.51. The zero-order chi connectivity index (χ0) is 24.2. The van der Waals surface area contributed by atoms with Crippen LogP contribution in [-0.2, 0) is 10.0 Å². The quantitative estimate of drug-likeness (QED) is 0.391. The Bertz CT molecular complexity index is 1540. The summed E-state index contributed by atoms with van der Waals surface area (Å²) in [5.74, 6) is 1.77. The second-order valence-corrected chi connectivity index (χ2v) is 11.1. The number of benzene rings is 2. The van der Waals surface area contributed by atoms with Crippen LogP contribution in [0.4, 0.5) is 0 Å². The zero-order valence-corrected chi connectivity index (χ0v) is 20.6. The number of imidazole rings is 1. The van der Waals surface area contributed by atoms with Gasteiger partial charge in [0.05, 0.1) is 9.92 Å². The van der Waals surface area contributed by atoms with E-state index in [1.54, 1.807) is 12.1 Å². The van der Waals surface area contributed by atoms with Gasteiger partial charge in [0.25, 0.3) is 0 Å². The molecule has 2 aliphatic rings. The van der Waals surface area contributed by atoms with Crippen LogP contribution in [0.5, 0.6) is 11.5 Å². The number of sulfonamides is 1. The van der Waals surface area contributed by atoms with Gasteiger partial charge < -0.3 is 14.0 Å². The first-order valence-electron chi connectivity index (χ1n) is 11.4. The summed E-state index contributed by atoms with van der Waals surface area (Å²) in [4.78, 5) is 9.85. The average molecular weight is 511 g/mol. The molecule has 0 bridgehead atoms. The van der Waals surface area contributed by atoms with Crippen molar-refractivity contribution in [3.63, 3.8) is 0 Å². The molecule has 6 rings (SSSR count). The molecule has 0 saturated carbocycles. The van der Waals surface area contributed by atoms with Crippen LogP contribution < -0.4 is 9.47 Å². The normalized spacial score (nSPS) is 16.7. The second-order valence-electron chi connectivity index (χ2n) is 8.73. The number of pyridine rings is 1. The number of aryl methyl sites for hydroxylation is 1. The highest BCUT2D eigenvalue weighted by Gasteiger charge is 2.33. The fourth-order valence-corrected chi connectivity index (χ4v) is 6.48. The van der Waals surface area contributed by atoms with E-state index in [0.29, 0.717) is 42.5 Å². The molecule has 4 heterocycles. The number of piperidine rings is 1. The Morgan fingerprint density at radius 1 is 0.971 bits per heavy atom. The highest BCUT2D eigenvalue weighted by Crippen LogP contribution is 2.38. The lowest BCUT2D eigenvalue weighted by molar-refractivity contribution is 0.174. The van der Waals surface area contributed by atoms with E-state index < -0.39 is 10.0 Å². The lowest BCUT2D eigenvalue weighted by atomic mass is 10.1. The Hall–Kier alpha value is -3.14. The Morgan fingerprint density at radius 3 is 2.54 bits per heavy atom. The number of nitrogens with zero attached hydrogens (tertiary/aromatic N) is 4. The first-order valence-corrected chi connectivity index (χ1v) is 13.2. The lowest BCUT2D eigenvalue weighted by Crippen LogP contribution is -2.39. The molecule has 2 aliphatic heterocycles. The molecule has 10 heteroatoms. The Balaban J connectivity index is 1.32. The third kappa shape index (κ3) is 3.84. The van der Waals surface area contributed by atoms with Gasteiger partial charge in [-0.05, 0) is 56.2 Å². The molecular formula is C25H23ClN4O4S. The van der Waals surface area contributed by atoms with Crippen LogP contribution in [-0.4, -0.2) is 47.1 Å². The predicted molar refractivity (Wildman–Crippen MR) is 132 cm³/mol. The van der Waals surface area contributed by atoms with Crippen LogP contribution in [0.15, 0.2) is 59.5 Å². The molecular weight excluding hydrogens is 488 g/mol. The van der Waals surface area contributed by atoms with E-state index in [0.717, 1.165) is 28.2 Å². The van der Waals surface area contributed by atoms with Gasteiger partial charge in [-0.3, -0.25) is 0 Å². The molecule has 2 aromatic carbocycles. The van der Waals surface area contributed by atoms with Crippen molar-refractivity contribution in [1.29, 1.82) is 0 Å². The topological polar surface area (TPSA) is 86.6 Å². The van der Waals surface area contributed by atoms with E-state index >= 15 is 0 Å². The molecule has 8 nitrogen and oxygen atoms in total. The van der Waals surface area contributed by atoms with Gasteiger partial charge in [0.1, 0.15) is 11.3 Å². The molecule has 0 unspecified atom stereocenters. The number of aromatic nitrogens is 3. The van der Waals surface area contributed by atoms with Crippen molar-refractivity contribution in [3.8, 4) is 22.9 Å². The summed E-state index contributed by atoms with van der Waals surface area (Å²) in [5, 5.41) is 0.614. The van der Waals surface area contributed by atoms with Crippen molar-refractivity contribution in [2.24, 2.45) is 0 Å². The molecule has 180 valence electrons. The molecule has 0 aliphatic carbocycles. The van der Waals surface area contributed by atoms with E-state index in [1.165, 1.54) is 10.4 Å². The molecule has 35 heavy (non-hydrogen) atoms. The zero-order valence-electron chi connectivity index (χ0n) is 19.0. The largest absolute Gasteiger partial charge is 0.454 e. The van der Waals surface area contributed by atoms with Gasteiger partial charge in [0.15, 0.2) is 17.1 Å². The first-order chi connectivity index (χ1) is 16.9. The fourth-order valence-electron chi connectivity index (χ4n) is 4.77. The molecule has 4 aromatic rings. The molecule has 2 aromatic heterocycles. The maximum absolute atomic E-state index is 13.4. The summed E-state index contributed by atoms with van der Waals surface area (Å²) in [7, 11) is -3.66. The van der Waals surface area contributed by atoms with Gasteiger partial charge >= 0.3 is 0 Å². The van der Waals surface area contributed by atoms with Crippen LogP contribution in [0.25, 0.3) is 22.6 Å². The van der Waals surface area contributed by atoms with E-state index in [4.69, 9.17) is 31.0 Å². The van der Waals surface area contributed by atoms with Crippen LogP contribution in [0.2, 0.25) is 5.02 Å². The van der Waals surface area contributed by atoms with Crippen molar-refractivity contribution in [2.75, 3.05) is 19.9 Å². The lowest BCUT2D eigenvalue weighted by Gasteiger charge is -2.32. The summed E-state index contributed by atoms with van der Waals surface area (Å²) in [6.45, 7) is 2.82. The van der Waals surface area contributed by atoms with Crippen molar-refractivity contribution >= 4 is 32.8 Å². The number of ether oxygens (including phenoxy) is 2. The van der Waals surface area contributed by atoms with Crippen LogP contribution in [0, 0.1) is 6.92 Å². The Morgan fingerprint density at radius 2 is 1.74 bits per heavy atom. The number of rotatable bonds is 4. The third-order valence-corrected chi connectivity index (χ3v) is 8.79. The van der Waals surface area contributed by atoms with E-state index in [9.17, 15) is 8.42 Å². The fraction of sp³-hybridized carbons (Fsp3) is 0.280. The van der Waals surface area contributed by atoms with Gasteiger partial charge in [-0.1, -0.05) is 23.7 Å². The molecule has 1 saturated heterocycles. The standard InChI is InChI=1S/C25H23ClN4O4S/c1-16-6-8-21-25(27-16)30(24(28-21)19-4-2-3-5-20(19)26)17-10-12-29(13-11-17)35(31,32)18-7-9-22-23(14-18)34-15-33-22/h2-9,14,17H,10-13,15H2,1H3. The van der Waals surface area contributed by atoms with Gasteiger partial charge in [0.2, 0.25) is 16.8 Å². The summed E-state index contributed by atoms with van der Waals surface area (Å²) in [6, 6.07) is 16.3. The maximum Gasteiger partial charge on any atom is 0.243 e. The Kier molecular flexibility index (Phi) is 5.43. The molecule has 1 fully saturated rings. The van der Waals surface area contributed by atoms with Crippen LogP contribution in [0.1, 0.15) is 24.6 Å². The molecule has 0 radical (unpaired) electrons. The highest BCUT2D eigenvalue weighted by atomic mass is 35.5. The SMILES string of the molecule is Cc1ccc2nc(-c3ccccc3Cl)n(C3CCN(S(=O)(=O)c4ccc5c(c4)OCO5)CC3)c2n1. The van der Waals surface area contributed by atoms with Gasteiger partial charge in [-0.15, -0.1) is 0 Å². The molecule has 0 atom stereocenters. The van der Waals surface area contributed by atoms with Crippen molar-refractivity contribution < 1.29 is 17.9 Å². The maximum atomic E-state index is 13.4. The first kappa shape index (κ1) is 22.3.